The molecule has 1 amide bonds. The van der Waals surface area contributed by atoms with E-state index in [1.807, 2.05) is 42.5 Å². The Bertz CT molecular complexity index is 2070. The molecule has 1 aliphatic heterocycles. The van der Waals surface area contributed by atoms with Crippen molar-refractivity contribution in [2.45, 2.75) is 57.7 Å². The number of amides is 1. The van der Waals surface area contributed by atoms with E-state index in [1.54, 1.807) is 6.07 Å². The van der Waals surface area contributed by atoms with Crippen molar-refractivity contribution in [3.8, 4) is 17.1 Å². The molecule has 0 spiro atoms. The van der Waals surface area contributed by atoms with E-state index in [1.165, 1.54) is 12.1 Å². The molecule has 3 heterocycles. The topological polar surface area (TPSA) is 92.0 Å². The van der Waals surface area contributed by atoms with Crippen molar-refractivity contribution in [1.29, 1.82) is 0 Å². The van der Waals surface area contributed by atoms with Gasteiger partial charge in [-0.25, -0.2) is 9.37 Å². The number of primary amides is 1. The summed E-state index contributed by atoms with van der Waals surface area (Å²) in [5.41, 5.74) is 12.3. The smallest absolute Gasteiger partial charge is 0.250 e. The molecule has 1 fully saturated rings. The van der Waals surface area contributed by atoms with Crippen LogP contribution >= 0.6 is 0 Å². The van der Waals surface area contributed by atoms with E-state index in [2.05, 4.69) is 72.7 Å². The number of likely N-dealkylation sites (tertiary alicyclic amines) is 1. The summed E-state index contributed by atoms with van der Waals surface area (Å²) in [7, 11) is 2.19. The maximum Gasteiger partial charge on any atom is 0.250 e. The van der Waals surface area contributed by atoms with Gasteiger partial charge in [-0.3, -0.25) is 9.69 Å². The highest BCUT2D eigenvalue weighted by molar-refractivity contribution is 6.15. The summed E-state index contributed by atoms with van der Waals surface area (Å²) in [5.74, 6) is -0.0898. The van der Waals surface area contributed by atoms with Crippen molar-refractivity contribution in [3.05, 3.63) is 90.2 Å². The van der Waals surface area contributed by atoms with Crippen LogP contribution in [0.1, 0.15) is 50.9 Å². The third-order valence-electron chi connectivity index (χ3n) is 9.59. The van der Waals surface area contributed by atoms with E-state index in [-0.39, 0.29) is 22.9 Å². The number of hydrogen-bond donors (Lipinski definition) is 3. The van der Waals surface area contributed by atoms with E-state index in [0.29, 0.717) is 22.4 Å². The highest BCUT2D eigenvalue weighted by atomic mass is 19.1. The van der Waals surface area contributed by atoms with Crippen LogP contribution in [0.15, 0.2) is 78.9 Å². The minimum atomic E-state index is -0.462. The van der Waals surface area contributed by atoms with Gasteiger partial charge in [0.1, 0.15) is 11.6 Å². The molecule has 0 aliphatic carbocycles. The Labute approximate surface area is 255 Å². The van der Waals surface area contributed by atoms with Gasteiger partial charge < -0.3 is 20.6 Å². The Morgan fingerprint density at radius 2 is 1.68 bits per heavy atom. The van der Waals surface area contributed by atoms with Gasteiger partial charge in [0.2, 0.25) is 0 Å². The van der Waals surface area contributed by atoms with E-state index < -0.39 is 5.91 Å². The predicted molar refractivity (Wildman–Crippen MR) is 177 cm³/mol. The first-order valence-corrected chi connectivity index (χ1v) is 15.1. The molecule has 0 bridgehead atoms. The molecule has 0 radical (unpaired) electrons. The number of carbonyl (C=O) groups excluding carboxylic acids is 1. The van der Waals surface area contributed by atoms with Crippen molar-refractivity contribution in [2.24, 2.45) is 5.73 Å². The first-order valence-electron chi connectivity index (χ1n) is 15.1. The quantitative estimate of drug-likeness (QED) is 0.193. The normalized spacial score (nSPS) is 17.0. The van der Waals surface area contributed by atoms with Gasteiger partial charge in [-0.2, -0.15) is 0 Å². The number of piperidine rings is 1. The predicted octanol–water partition coefficient (Wildman–Crippen LogP) is 7.63. The second-order valence-corrected chi connectivity index (χ2v) is 13.3. The van der Waals surface area contributed by atoms with Crippen LogP contribution in [-0.4, -0.2) is 49.5 Å². The summed E-state index contributed by atoms with van der Waals surface area (Å²) in [6, 6.07) is 25.0. The van der Waals surface area contributed by atoms with Gasteiger partial charge in [0.05, 0.1) is 27.6 Å². The monoisotopic (exact) mass is 588 g/mol. The number of nitrogens with one attached hydrogen (secondary N) is 2. The Kier molecular flexibility index (Phi) is 6.34. The Morgan fingerprint density at radius 3 is 2.43 bits per heavy atom. The number of hydrogen-bond acceptors (Lipinski definition) is 4. The number of aromatic nitrogens is 3. The third kappa shape index (κ3) is 4.52. The third-order valence-corrected chi connectivity index (χ3v) is 9.59. The number of benzene rings is 4. The summed E-state index contributed by atoms with van der Waals surface area (Å²) in [6.07, 6.45) is 1.85. The fourth-order valence-electron chi connectivity index (χ4n) is 7.30. The zero-order valence-corrected chi connectivity index (χ0v) is 25.7. The molecular weight excluding hydrogens is 551 g/mol. The fraction of sp³-hybridized carbons (Fsp3) is 0.278. The number of imidazole rings is 1. The molecule has 4 aromatic carbocycles. The van der Waals surface area contributed by atoms with Crippen LogP contribution in [0.4, 0.5) is 10.1 Å². The standard InChI is InChI=1S/C36H37FN6O/c1-35(2)19-22(20-36(3,4)42(35)5)39-28-18-23(14-15-24(28)33(38)44)43-30-11-7-6-9-25(30)32-26(10-8-12-31(32)43)34-40-27-16-13-21(37)17-29(27)41-34/h6-18,22,39H,19-20H2,1-5H3,(H2,38,44)(H,40,41). The summed E-state index contributed by atoms with van der Waals surface area (Å²) in [4.78, 5) is 23.2. The molecule has 0 unspecified atom stereocenters. The summed E-state index contributed by atoms with van der Waals surface area (Å²) in [6.45, 7) is 9.06. The van der Waals surface area contributed by atoms with Gasteiger partial charge in [0.25, 0.3) is 5.91 Å². The number of nitrogens with two attached hydrogens (primary N) is 1. The number of H-pyrrole nitrogens is 1. The first-order chi connectivity index (χ1) is 20.9. The van der Waals surface area contributed by atoms with Gasteiger partial charge >= 0.3 is 0 Å². The lowest BCUT2D eigenvalue weighted by atomic mass is 9.77. The lowest BCUT2D eigenvalue weighted by Gasteiger charge is -2.54. The van der Waals surface area contributed by atoms with Crippen molar-refractivity contribution in [1.82, 2.24) is 19.4 Å². The SMILES string of the molecule is CN1C(C)(C)CC(Nc2cc(-n3c4ccccc4c4c(-c5nc6ccc(F)cc6[nH]5)cccc43)ccc2C(N)=O)CC1(C)C. The van der Waals surface area contributed by atoms with Crippen molar-refractivity contribution in [3.63, 3.8) is 0 Å². The van der Waals surface area contributed by atoms with Crippen LogP contribution in [0, 0.1) is 5.82 Å². The summed E-state index contributed by atoms with van der Waals surface area (Å²) >= 11 is 0. The average Bonchev–Trinajstić information content (AvgIpc) is 3.54. The molecule has 7 rings (SSSR count). The van der Waals surface area contributed by atoms with Gasteiger partial charge in [0, 0.05) is 44.8 Å². The maximum atomic E-state index is 14.0. The Hall–Kier alpha value is -4.69. The van der Waals surface area contributed by atoms with Crippen LogP contribution in [0.25, 0.3) is 49.9 Å². The van der Waals surface area contributed by atoms with Crippen molar-refractivity contribution in [2.75, 3.05) is 12.4 Å². The minimum absolute atomic E-state index is 0.0183. The Balaban J connectivity index is 1.39. The number of nitrogens with zero attached hydrogens (tertiary/aromatic N) is 3. The van der Waals surface area contributed by atoms with Gasteiger partial charge in [-0.15, -0.1) is 0 Å². The summed E-state index contributed by atoms with van der Waals surface area (Å²) < 4.78 is 16.2. The molecule has 6 aromatic rings. The number of carbonyl (C=O) groups is 1. The van der Waals surface area contributed by atoms with E-state index in [4.69, 9.17) is 10.7 Å². The molecule has 1 saturated heterocycles. The van der Waals surface area contributed by atoms with E-state index in [9.17, 15) is 9.18 Å². The number of fused-ring (bicyclic) bond motifs is 4. The highest BCUT2D eigenvalue weighted by Crippen LogP contribution is 2.41. The number of halogens is 1. The van der Waals surface area contributed by atoms with Crippen LogP contribution in [-0.2, 0) is 0 Å². The van der Waals surface area contributed by atoms with Crippen LogP contribution in [0.5, 0.6) is 0 Å². The van der Waals surface area contributed by atoms with Crippen LogP contribution in [0.3, 0.4) is 0 Å². The summed E-state index contributed by atoms with van der Waals surface area (Å²) in [5, 5.41) is 5.83. The largest absolute Gasteiger partial charge is 0.381 e. The molecule has 8 heteroatoms. The number of aromatic amines is 1. The zero-order valence-electron chi connectivity index (χ0n) is 25.7. The number of anilines is 1. The molecule has 1 aliphatic rings. The van der Waals surface area contributed by atoms with Gasteiger partial charge in [-0.05, 0) is 96.1 Å². The van der Waals surface area contributed by atoms with Crippen molar-refractivity contribution >= 4 is 44.4 Å². The lowest BCUT2D eigenvalue weighted by molar-refractivity contribution is -0.00767. The van der Waals surface area contributed by atoms with Gasteiger partial charge in [0.15, 0.2) is 0 Å². The molecular formula is C36H37FN6O. The van der Waals surface area contributed by atoms with E-state index in [0.717, 1.165) is 51.6 Å². The second-order valence-electron chi connectivity index (χ2n) is 13.3. The second kappa shape index (κ2) is 9.92. The molecule has 2 aromatic heterocycles. The fourth-order valence-corrected chi connectivity index (χ4v) is 7.30. The lowest BCUT2D eigenvalue weighted by Crippen LogP contribution is -2.61. The number of rotatable bonds is 5. The average molecular weight is 589 g/mol. The highest BCUT2D eigenvalue weighted by Gasteiger charge is 2.43. The molecule has 224 valence electrons. The minimum Gasteiger partial charge on any atom is -0.381 e. The first kappa shape index (κ1) is 28.1. The Morgan fingerprint density at radius 1 is 0.955 bits per heavy atom. The molecule has 7 nitrogen and oxygen atoms in total. The molecule has 4 N–H and O–H groups in total. The van der Waals surface area contributed by atoms with Crippen LogP contribution < -0.4 is 11.1 Å². The zero-order chi connectivity index (χ0) is 31.0. The van der Waals surface area contributed by atoms with Crippen molar-refractivity contribution < 1.29 is 9.18 Å². The molecule has 0 saturated carbocycles. The van der Waals surface area contributed by atoms with Gasteiger partial charge in [-0.1, -0.05) is 30.3 Å². The molecule has 44 heavy (non-hydrogen) atoms. The number of para-hydroxylation sites is 1. The maximum absolute atomic E-state index is 14.0. The van der Waals surface area contributed by atoms with Crippen LogP contribution in [0.2, 0.25) is 0 Å². The van der Waals surface area contributed by atoms with E-state index >= 15 is 0 Å². The molecule has 0 atom stereocenters.